The lowest BCUT2D eigenvalue weighted by molar-refractivity contribution is 0.0845. The number of aryl methyl sites for hydroxylation is 3. The summed E-state index contributed by atoms with van der Waals surface area (Å²) in [5.74, 6) is 2.01. The number of ether oxygens (including phenoxy) is 2. The van der Waals surface area contributed by atoms with Crippen molar-refractivity contribution in [3.05, 3.63) is 63.8 Å². The van der Waals surface area contributed by atoms with Crippen molar-refractivity contribution < 1.29 is 9.47 Å². The second-order valence-corrected chi connectivity index (χ2v) is 11.6. The lowest BCUT2D eigenvalue weighted by Crippen LogP contribution is -2.35. The molecule has 0 saturated carbocycles. The summed E-state index contributed by atoms with van der Waals surface area (Å²) < 4.78 is 15.2. The SMILES string of the molecule is COc1cc2c(cc1-c1cnn(C)c1)C(C)(C)CCN2c1nc(C2CCOCC2)cc2c1cc(C)c(=O)n2C. The highest BCUT2D eigenvalue weighted by Crippen LogP contribution is 2.48. The van der Waals surface area contributed by atoms with Crippen molar-refractivity contribution in [1.29, 1.82) is 0 Å². The second-order valence-electron chi connectivity index (χ2n) is 11.6. The minimum absolute atomic E-state index is 0.0283. The van der Waals surface area contributed by atoms with Crippen LogP contribution in [-0.4, -0.2) is 46.2 Å². The predicted molar refractivity (Wildman–Crippen MR) is 154 cm³/mol. The molecule has 1 saturated heterocycles. The number of fused-ring (bicyclic) bond motifs is 2. The first-order valence-electron chi connectivity index (χ1n) is 13.8. The Bertz CT molecular complexity index is 1630. The molecule has 8 heteroatoms. The highest BCUT2D eigenvalue weighted by molar-refractivity contribution is 5.94. The fourth-order valence-corrected chi connectivity index (χ4v) is 6.18. The normalized spacial score (nSPS) is 17.4. The van der Waals surface area contributed by atoms with E-state index in [2.05, 4.69) is 42.0 Å². The number of pyridine rings is 2. The second kappa shape index (κ2) is 9.52. The molecule has 39 heavy (non-hydrogen) atoms. The van der Waals surface area contributed by atoms with E-state index < -0.39 is 0 Å². The summed E-state index contributed by atoms with van der Waals surface area (Å²) in [4.78, 5) is 20.7. The topological polar surface area (TPSA) is 74.4 Å². The van der Waals surface area contributed by atoms with Gasteiger partial charge in [-0.3, -0.25) is 9.48 Å². The molecule has 0 aliphatic carbocycles. The van der Waals surface area contributed by atoms with E-state index >= 15 is 0 Å². The van der Waals surface area contributed by atoms with Crippen molar-refractivity contribution in [3.8, 4) is 16.9 Å². The van der Waals surface area contributed by atoms with Crippen LogP contribution in [0.2, 0.25) is 0 Å². The average molecular weight is 528 g/mol. The van der Waals surface area contributed by atoms with Crippen LogP contribution in [0.5, 0.6) is 5.75 Å². The zero-order chi connectivity index (χ0) is 27.5. The molecule has 4 aromatic rings. The smallest absolute Gasteiger partial charge is 0.253 e. The number of rotatable bonds is 4. The van der Waals surface area contributed by atoms with Crippen molar-refractivity contribution in [2.45, 2.75) is 51.4 Å². The number of hydrogen-bond acceptors (Lipinski definition) is 6. The van der Waals surface area contributed by atoms with Gasteiger partial charge in [0.1, 0.15) is 11.6 Å². The summed E-state index contributed by atoms with van der Waals surface area (Å²) >= 11 is 0. The predicted octanol–water partition coefficient (Wildman–Crippen LogP) is 5.36. The standard InChI is InChI=1S/C31H37N5O3/c1-19-13-23-26(35(5)30(19)37)15-25(20-7-11-39-12-8-20)33-29(23)36-10-9-31(2,3)24-14-22(21-17-32-34(4)18-21)28(38-6)16-27(24)36/h13-18,20H,7-12H2,1-6H3. The Morgan fingerprint density at radius 2 is 1.87 bits per heavy atom. The summed E-state index contributed by atoms with van der Waals surface area (Å²) in [6, 6.07) is 8.55. The Kier molecular flexibility index (Phi) is 6.25. The van der Waals surface area contributed by atoms with E-state index in [1.165, 1.54) is 5.56 Å². The zero-order valence-electron chi connectivity index (χ0n) is 23.7. The molecule has 204 valence electrons. The van der Waals surface area contributed by atoms with Gasteiger partial charge in [-0.15, -0.1) is 0 Å². The summed E-state index contributed by atoms with van der Waals surface area (Å²) in [6.07, 6.45) is 6.74. The van der Waals surface area contributed by atoms with Crippen molar-refractivity contribution in [2.75, 3.05) is 31.8 Å². The largest absolute Gasteiger partial charge is 0.496 e. The molecular formula is C31H37N5O3. The van der Waals surface area contributed by atoms with Gasteiger partial charge in [0.15, 0.2) is 0 Å². The van der Waals surface area contributed by atoms with Gasteiger partial charge in [-0.05, 0) is 55.4 Å². The minimum Gasteiger partial charge on any atom is -0.496 e. The van der Waals surface area contributed by atoms with E-state index in [-0.39, 0.29) is 11.0 Å². The van der Waals surface area contributed by atoms with Crippen LogP contribution in [0.15, 0.2) is 41.5 Å². The van der Waals surface area contributed by atoms with Gasteiger partial charge < -0.3 is 18.9 Å². The molecule has 6 rings (SSSR count). The van der Waals surface area contributed by atoms with Crippen LogP contribution < -0.4 is 15.2 Å². The van der Waals surface area contributed by atoms with Crippen molar-refractivity contribution in [3.63, 3.8) is 0 Å². The molecule has 1 fully saturated rings. The first-order chi connectivity index (χ1) is 18.7. The molecule has 0 radical (unpaired) electrons. The van der Waals surface area contributed by atoms with Gasteiger partial charge in [0.05, 0.1) is 18.8 Å². The van der Waals surface area contributed by atoms with Gasteiger partial charge in [-0.25, -0.2) is 4.98 Å². The fourth-order valence-electron chi connectivity index (χ4n) is 6.18. The van der Waals surface area contributed by atoms with Crippen LogP contribution in [0.1, 0.15) is 55.8 Å². The molecule has 5 heterocycles. The molecule has 3 aromatic heterocycles. The molecule has 0 bridgehead atoms. The van der Waals surface area contributed by atoms with Crippen LogP contribution in [0.3, 0.4) is 0 Å². The van der Waals surface area contributed by atoms with E-state index in [1.807, 2.05) is 44.2 Å². The first-order valence-corrected chi connectivity index (χ1v) is 13.8. The maximum Gasteiger partial charge on any atom is 0.253 e. The number of methoxy groups -OCH3 is 1. The number of aromatic nitrogens is 4. The Morgan fingerprint density at radius 3 is 2.56 bits per heavy atom. The number of nitrogens with zero attached hydrogens (tertiary/aromatic N) is 5. The zero-order valence-corrected chi connectivity index (χ0v) is 23.7. The maximum absolute atomic E-state index is 13.0. The van der Waals surface area contributed by atoms with Crippen LogP contribution >= 0.6 is 0 Å². The van der Waals surface area contributed by atoms with Crippen molar-refractivity contribution in [2.24, 2.45) is 14.1 Å². The number of hydrogen-bond donors (Lipinski definition) is 0. The Labute approximate surface area is 229 Å². The Hall–Kier alpha value is -3.65. The summed E-state index contributed by atoms with van der Waals surface area (Å²) in [6.45, 7) is 8.79. The summed E-state index contributed by atoms with van der Waals surface area (Å²) in [7, 11) is 5.52. The van der Waals surface area contributed by atoms with Crippen LogP contribution in [0.4, 0.5) is 11.5 Å². The molecule has 0 N–H and O–H groups in total. The van der Waals surface area contributed by atoms with Crippen LogP contribution in [0, 0.1) is 6.92 Å². The average Bonchev–Trinajstić information content (AvgIpc) is 3.37. The molecule has 0 unspecified atom stereocenters. The van der Waals surface area contributed by atoms with Crippen molar-refractivity contribution in [1.82, 2.24) is 19.3 Å². The third-order valence-corrected chi connectivity index (χ3v) is 8.61. The summed E-state index contributed by atoms with van der Waals surface area (Å²) in [5.41, 5.74) is 7.07. The third-order valence-electron chi connectivity index (χ3n) is 8.61. The lowest BCUT2D eigenvalue weighted by atomic mass is 9.76. The fraction of sp³-hybridized carbons (Fsp3) is 0.452. The highest BCUT2D eigenvalue weighted by Gasteiger charge is 2.35. The monoisotopic (exact) mass is 527 g/mol. The molecule has 0 amide bonds. The van der Waals surface area contributed by atoms with E-state index in [1.54, 1.807) is 11.7 Å². The molecule has 0 spiro atoms. The Morgan fingerprint density at radius 1 is 1.10 bits per heavy atom. The van der Waals surface area contributed by atoms with E-state index in [9.17, 15) is 4.79 Å². The lowest BCUT2D eigenvalue weighted by Gasteiger charge is -2.41. The molecular weight excluding hydrogens is 490 g/mol. The van der Waals surface area contributed by atoms with Crippen LogP contribution in [-0.2, 0) is 24.2 Å². The summed E-state index contributed by atoms with van der Waals surface area (Å²) in [5, 5.41) is 5.39. The molecule has 8 nitrogen and oxygen atoms in total. The van der Waals surface area contributed by atoms with Crippen molar-refractivity contribution >= 4 is 22.4 Å². The third kappa shape index (κ3) is 4.31. The van der Waals surface area contributed by atoms with Gasteiger partial charge in [0.25, 0.3) is 5.56 Å². The minimum atomic E-state index is -0.0358. The highest BCUT2D eigenvalue weighted by atomic mass is 16.5. The Balaban J connectivity index is 1.60. The van der Waals surface area contributed by atoms with Gasteiger partial charge in [0.2, 0.25) is 0 Å². The molecule has 0 atom stereocenters. The maximum atomic E-state index is 13.0. The first kappa shape index (κ1) is 25.6. The number of benzene rings is 1. The van der Waals surface area contributed by atoms with Crippen LogP contribution in [0.25, 0.3) is 22.0 Å². The van der Waals surface area contributed by atoms with E-state index in [0.717, 1.165) is 84.0 Å². The quantitative estimate of drug-likeness (QED) is 0.356. The molecule has 2 aliphatic heterocycles. The molecule has 2 aliphatic rings. The van der Waals surface area contributed by atoms with Gasteiger partial charge in [-0.1, -0.05) is 13.8 Å². The van der Waals surface area contributed by atoms with E-state index in [0.29, 0.717) is 11.5 Å². The molecule has 1 aromatic carbocycles. The van der Waals surface area contributed by atoms with Gasteiger partial charge in [0, 0.05) is 85.5 Å². The van der Waals surface area contributed by atoms with Gasteiger partial charge in [-0.2, -0.15) is 5.10 Å². The number of anilines is 2. The van der Waals surface area contributed by atoms with Gasteiger partial charge >= 0.3 is 0 Å². The van der Waals surface area contributed by atoms with E-state index in [4.69, 9.17) is 14.5 Å².